The van der Waals surface area contributed by atoms with Crippen molar-refractivity contribution in [2.75, 3.05) is 23.9 Å². The van der Waals surface area contributed by atoms with Gasteiger partial charge in [0.1, 0.15) is 5.60 Å². The molecule has 0 atom stereocenters. The Morgan fingerprint density at radius 2 is 1.97 bits per heavy atom. The molecule has 10 heteroatoms. The Morgan fingerprint density at radius 1 is 1.19 bits per heavy atom. The number of methoxy groups -OCH3 is 1. The standard InChI is InChI=1S/C21H26IN5O3S/c1-21(2,30-31-22)17-9-4-13(10-23-17)16-11-24-19-20(26-16)27(18(28)12-25-19)14-5-7-15(29-3)8-6-14/h4,9-11,14-15H,5-8,12H2,1-3H3,(H,24,25). The van der Waals surface area contributed by atoms with Gasteiger partial charge in [-0.05, 0) is 51.7 Å². The predicted octanol–water partition coefficient (Wildman–Crippen LogP) is 4.50. The molecule has 1 saturated carbocycles. The maximum absolute atomic E-state index is 12.8. The molecule has 0 bridgehead atoms. The van der Waals surface area contributed by atoms with E-state index >= 15 is 0 Å². The third kappa shape index (κ3) is 4.81. The van der Waals surface area contributed by atoms with E-state index < -0.39 is 5.60 Å². The third-order valence-electron chi connectivity index (χ3n) is 5.92. The molecule has 0 unspecified atom stereocenters. The first kappa shape index (κ1) is 22.7. The molecule has 0 saturated heterocycles. The van der Waals surface area contributed by atoms with Crippen LogP contribution in [-0.4, -0.2) is 46.7 Å². The van der Waals surface area contributed by atoms with Crippen molar-refractivity contribution in [1.29, 1.82) is 0 Å². The zero-order valence-corrected chi connectivity index (χ0v) is 20.8. The van der Waals surface area contributed by atoms with Crippen molar-refractivity contribution < 1.29 is 13.7 Å². The Balaban J connectivity index is 1.61. The highest BCUT2D eigenvalue weighted by atomic mass is 127. The van der Waals surface area contributed by atoms with Crippen LogP contribution < -0.4 is 10.2 Å². The summed E-state index contributed by atoms with van der Waals surface area (Å²) in [7, 11) is 3.04. The molecule has 0 spiro atoms. The Kier molecular flexibility index (Phi) is 6.99. The Labute approximate surface area is 198 Å². The van der Waals surface area contributed by atoms with Crippen LogP contribution in [0.15, 0.2) is 24.5 Å². The molecule has 1 aliphatic heterocycles. The summed E-state index contributed by atoms with van der Waals surface area (Å²) in [4.78, 5) is 28.6. The maximum Gasteiger partial charge on any atom is 0.247 e. The lowest BCUT2D eigenvalue weighted by atomic mass is 9.91. The molecular formula is C21H26IN5O3S. The van der Waals surface area contributed by atoms with Gasteiger partial charge in [0.25, 0.3) is 0 Å². The first-order valence-electron chi connectivity index (χ1n) is 10.3. The second-order valence-electron chi connectivity index (χ2n) is 8.30. The minimum Gasteiger partial charge on any atom is -0.381 e. The van der Waals surface area contributed by atoms with E-state index in [9.17, 15) is 4.79 Å². The first-order valence-corrected chi connectivity index (χ1v) is 13.6. The fourth-order valence-corrected chi connectivity index (χ4v) is 5.70. The van der Waals surface area contributed by atoms with Crippen molar-refractivity contribution >= 4 is 48.0 Å². The normalized spacial score (nSPS) is 21.5. The molecule has 1 amide bonds. The number of carbonyl (C=O) groups is 1. The average Bonchev–Trinajstić information content (AvgIpc) is 2.79. The van der Waals surface area contributed by atoms with Gasteiger partial charge < -0.3 is 10.1 Å². The Bertz CT molecular complexity index is 935. The van der Waals surface area contributed by atoms with Crippen LogP contribution in [0.25, 0.3) is 11.3 Å². The van der Waals surface area contributed by atoms with E-state index in [-0.39, 0.29) is 24.6 Å². The molecule has 0 aromatic carbocycles. The number of ether oxygens (including phenoxy) is 1. The molecule has 2 aromatic rings. The highest BCUT2D eigenvalue weighted by Gasteiger charge is 2.35. The van der Waals surface area contributed by atoms with Crippen molar-refractivity contribution in [1.82, 2.24) is 15.0 Å². The van der Waals surface area contributed by atoms with Crippen LogP contribution in [0, 0.1) is 0 Å². The summed E-state index contributed by atoms with van der Waals surface area (Å²) >= 11 is 2.10. The van der Waals surface area contributed by atoms with Crippen LogP contribution in [0.2, 0.25) is 0 Å². The Morgan fingerprint density at radius 3 is 2.61 bits per heavy atom. The quantitative estimate of drug-likeness (QED) is 0.412. The van der Waals surface area contributed by atoms with Crippen LogP contribution in [0.3, 0.4) is 0 Å². The van der Waals surface area contributed by atoms with E-state index in [1.807, 2.05) is 30.9 Å². The summed E-state index contributed by atoms with van der Waals surface area (Å²) in [5.41, 5.74) is 1.87. The number of anilines is 2. The molecule has 166 valence electrons. The first-order chi connectivity index (χ1) is 14.9. The fraction of sp³-hybridized carbons (Fsp3) is 0.524. The fourth-order valence-electron chi connectivity index (χ4n) is 4.11. The summed E-state index contributed by atoms with van der Waals surface area (Å²) in [5.74, 6) is 1.28. The third-order valence-corrected chi connectivity index (χ3v) is 6.94. The summed E-state index contributed by atoms with van der Waals surface area (Å²) in [5, 5.41) is 3.10. The smallest absolute Gasteiger partial charge is 0.247 e. The average molecular weight is 555 g/mol. The highest BCUT2D eigenvalue weighted by Crippen LogP contribution is 2.35. The van der Waals surface area contributed by atoms with Gasteiger partial charge in [-0.25, -0.2) is 9.97 Å². The lowest BCUT2D eigenvalue weighted by Gasteiger charge is -2.38. The van der Waals surface area contributed by atoms with E-state index in [1.165, 1.54) is 9.21 Å². The van der Waals surface area contributed by atoms with Gasteiger partial charge in [-0.2, -0.15) is 0 Å². The van der Waals surface area contributed by atoms with Crippen LogP contribution in [-0.2, 0) is 19.3 Å². The number of nitrogens with zero attached hydrogens (tertiary/aromatic N) is 4. The molecule has 31 heavy (non-hydrogen) atoms. The van der Waals surface area contributed by atoms with Gasteiger partial charge in [-0.15, -0.1) is 0 Å². The monoisotopic (exact) mass is 555 g/mol. The molecule has 0 radical (unpaired) electrons. The van der Waals surface area contributed by atoms with Crippen molar-refractivity contribution in [2.24, 2.45) is 0 Å². The summed E-state index contributed by atoms with van der Waals surface area (Å²) < 4.78 is 11.2. The van der Waals surface area contributed by atoms with Crippen LogP contribution >= 0.6 is 30.4 Å². The summed E-state index contributed by atoms with van der Waals surface area (Å²) in [6.07, 6.45) is 7.46. The van der Waals surface area contributed by atoms with E-state index in [0.29, 0.717) is 17.3 Å². The van der Waals surface area contributed by atoms with Crippen molar-refractivity contribution in [3.05, 3.63) is 30.2 Å². The van der Waals surface area contributed by atoms with E-state index in [1.54, 1.807) is 19.5 Å². The summed E-state index contributed by atoms with van der Waals surface area (Å²) in [6, 6.07) is 4.03. The molecule has 4 rings (SSSR count). The zero-order chi connectivity index (χ0) is 22.0. The molecule has 1 aliphatic carbocycles. The minimum atomic E-state index is -0.500. The molecule has 8 nitrogen and oxygen atoms in total. The minimum absolute atomic E-state index is 0.0310. The largest absolute Gasteiger partial charge is 0.381 e. The number of carbonyl (C=O) groups excluding carboxylic acids is 1. The summed E-state index contributed by atoms with van der Waals surface area (Å²) in [6.45, 7) is 4.20. The number of nitrogens with one attached hydrogen (secondary N) is 1. The number of rotatable bonds is 6. The van der Waals surface area contributed by atoms with Crippen molar-refractivity contribution in [3.63, 3.8) is 0 Å². The van der Waals surface area contributed by atoms with Gasteiger partial charge in [-0.3, -0.25) is 18.9 Å². The SMILES string of the molecule is COC1CCC(N2C(=O)CNc3ncc(-c4ccc(C(C)(C)OSI)nc4)nc32)CC1. The van der Waals surface area contributed by atoms with E-state index in [0.717, 1.165) is 36.9 Å². The number of halogens is 1. The van der Waals surface area contributed by atoms with Gasteiger partial charge in [0.05, 0.1) is 39.4 Å². The van der Waals surface area contributed by atoms with Crippen LogP contribution in [0.1, 0.15) is 45.2 Å². The molecular weight excluding hydrogens is 529 g/mol. The van der Waals surface area contributed by atoms with Crippen LogP contribution in [0.5, 0.6) is 0 Å². The zero-order valence-electron chi connectivity index (χ0n) is 17.8. The second kappa shape index (κ2) is 9.55. The predicted molar refractivity (Wildman–Crippen MR) is 130 cm³/mol. The van der Waals surface area contributed by atoms with Gasteiger partial charge >= 0.3 is 0 Å². The lowest BCUT2D eigenvalue weighted by Crippen LogP contribution is -2.49. The van der Waals surface area contributed by atoms with E-state index in [4.69, 9.17) is 13.9 Å². The number of pyridine rings is 1. The molecule has 1 fully saturated rings. The number of fused-ring (bicyclic) bond motifs is 1. The van der Waals surface area contributed by atoms with Crippen molar-refractivity contribution in [3.8, 4) is 11.3 Å². The van der Waals surface area contributed by atoms with Gasteiger partial charge in [0.2, 0.25) is 5.91 Å². The highest BCUT2D eigenvalue weighted by molar-refractivity contribution is 14.2. The number of aromatic nitrogens is 3. The topological polar surface area (TPSA) is 89.5 Å². The molecule has 2 aromatic heterocycles. The lowest BCUT2D eigenvalue weighted by molar-refractivity contribution is -0.118. The second-order valence-corrected chi connectivity index (χ2v) is 9.67. The van der Waals surface area contributed by atoms with Crippen LogP contribution in [0.4, 0.5) is 11.6 Å². The van der Waals surface area contributed by atoms with Gasteiger partial charge in [0, 0.05) is 46.1 Å². The Hall–Kier alpha value is -1.50. The number of hydrogen-bond donors (Lipinski definition) is 1. The van der Waals surface area contributed by atoms with Gasteiger partial charge in [-0.1, -0.05) is 0 Å². The molecule has 2 aliphatic rings. The molecule has 3 heterocycles. The number of amides is 1. The van der Waals surface area contributed by atoms with Gasteiger partial charge in [0.15, 0.2) is 11.6 Å². The van der Waals surface area contributed by atoms with E-state index in [2.05, 4.69) is 36.5 Å². The maximum atomic E-state index is 12.8. The molecule has 1 N–H and O–H groups in total. The van der Waals surface area contributed by atoms with Crippen molar-refractivity contribution in [2.45, 2.75) is 57.3 Å². The number of hydrogen-bond acceptors (Lipinski definition) is 8.